The fourth-order valence-electron chi connectivity index (χ4n) is 3.73. The molecule has 4 heteroatoms. The molecule has 0 heterocycles. The predicted molar refractivity (Wildman–Crippen MR) is 102 cm³/mol. The van der Waals surface area contributed by atoms with Gasteiger partial charge in [0.25, 0.3) is 5.91 Å². The van der Waals surface area contributed by atoms with Crippen molar-refractivity contribution < 1.29 is 14.3 Å². The van der Waals surface area contributed by atoms with Crippen LogP contribution in [0.5, 0.6) is 5.75 Å². The van der Waals surface area contributed by atoms with E-state index in [4.69, 9.17) is 9.47 Å². The second-order valence-electron chi connectivity index (χ2n) is 7.63. The van der Waals surface area contributed by atoms with Gasteiger partial charge in [0.1, 0.15) is 11.4 Å². The molecule has 1 aromatic carbocycles. The number of amides is 1. The molecule has 3 atom stereocenters. The van der Waals surface area contributed by atoms with Crippen LogP contribution >= 0.6 is 0 Å². The number of rotatable bonds is 6. The Kier molecular flexibility index (Phi) is 6.50. The van der Waals surface area contributed by atoms with E-state index >= 15 is 0 Å². The van der Waals surface area contributed by atoms with E-state index < -0.39 is 5.60 Å². The zero-order chi connectivity index (χ0) is 18.6. The number of benzene rings is 1. The van der Waals surface area contributed by atoms with Gasteiger partial charge >= 0.3 is 0 Å². The van der Waals surface area contributed by atoms with Crippen molar-refractivity contribution in [2.75, 3.05) is 12.4 Å². The van der Waals surface area contributed by atoms with Crippen molar-refractivity contribution in [1.82, 2.24) is 0 Å². The van der Waals surface area contributed by atoms with E-state index in [1.165, 1.54) is 0 Å². The molecule has 0 radical (unpaired) electrons. The monoisotopic (exact) mass is 347 g/mol. The highest BCUT2D eigenvalue weighted by Gasteiger charge is 2.42. The molecule has 0 saturated heterocycles. The fraction of sp³-hybridized carbons (Fsp3) is 0.667. The van der Waals surface area contributed by atoms with E-state index in [1.807, 2.05) is 26.0 Å². The summed E-state index contributed by atoms with van der Waals surface area (Å²) in [5.41, 5.74) is 2.19. The first-order valence-corrected chi connectivity index (χ1v) is 9.45. The van der Waals surface area contributed by atoms with Crippen molar-refractivity contribution in [1.29, 1.82) is 0 Å². The minimum Gasteiger partial charge on any atom is -0.490 e. The molecule has 1 saturated carbocycles. The van der Waals surface area contributed by atoms with Gasteiger partial charge in [-0.3, -0.25) is 4.79 Å². The summed E-state index contributed by atoms with van der Waals surface area (Å²) in [5, 5.41) is 3.08. The lowest BCUT2D eigenvalue weighted by atomic mass is 9.78. The summed E-state index contributed by atoms with van der Waals surface area (Å²) < 4.78 is 11.7. The minimum atomic E-state index is -0.703. The average molecular weight is 347 g/mol. The standard InChI is InChI=1S/C21H33NO3/c1-7-17(5)25-19-15(3)11-18(12-16(19)4)22-20(23)21(24-6)10-8-9-14(2)13-21/h11-12,14,17H,7-10,13H2,1-6H3,(H,22,23)/t14-,17+,21+/m1/s1. The number of hydrogen-bond acceptors (Lipinski definition) is 3. The number of nitrogens with one attached hydrogen (secondary N) is 1. The Hall–Kier alpha value is -1.55. The molecule has 140 valence electrons. The molecular formula is C21H33NO3. The number of carbonyl (C=O) groups is 1. The molecule has 0 aromatic heterocycles. The molecule has 1 aliphatic rings. The molecule has 25 heavy (non-hydrogen) atoms. The predicted octanol–water partition coefficient (Wildman–Crippen LogP) is 5.01. The van der Waals surface area contributed by atoms with Crippen molar-refractivity contribution in [2.45, 2.75) is 78.4 Å². The fourth-order valence-corrected chi connectivity index (χ4v) is 3.73. The van der Waals surface area contributed by atoms with Crippen molar-refractivity contribution in [2.24, 2.45) is 5.92 Å². The minimum absolute atomic E-state index is 0.0315. The number of anilines is 1. The summed E-state index contributed by atoms with van der Waals surface area (Å²) in [6, 6.07) is 3.97. The summed E-state index contributed by atoms with van der Waals surface area (Å²) in [6.07, 6.45) is 4.90. The second kappa shape index (κ2) is 8.22. The van der Waals surface area contributed by atoms with Gasteiger partial charge in [0.15, 0.2) is 0 Å². The van der Waals surface area contributed by atoms with Crippen LogP contribution in [0.1, 0.15) is 64.0 Å². The van der Waals surface area contributed by atoms with Crippen molar-refractivity contribution in [3.8, 4) is 5.75 Å². The normalized spacial score (nSPS) is 24.6. The highest BCUT2D eigenvalue weighted by Crippen LogP contribution is 2.36. The van der Waals surface area contributed by atoms with Gasteiger partial charge in [-0.2, -0.15) is 0 Å². The topological polar surface area (TPSA) is 47.6 Å². The summed E-state index contributed by atoms with van der Waals surface area (Å²) in [4.78, 5) is 12.9. The Balaban J connectivity index is 2.18. The molecule has 4 nitrogen and oxygen atoms in total. The number of ether oxygens (including phenoxy) is 2. The van der Waals surface area contributed by atoms with E-state index in [2.05, 4.69) is 26.1 Å². The molecule has 1 aromatic rings. The summed E-state index contributed by atoms with van der Waals surface area (Å²) in [5.74, 6) is 1.39. The number of aryl methyl sites for hydroxylation is 2. The maximum Gasteiger partial charge on any atom is 0.256 e. The van der Waals surface area contributed by atoms with Crippen LogP contribution in [0.2, 0.25) is 0 Å². The first-order chi connectivity index (χ1) is 11.8. The van der Waals surface area contributed by atoms with Gasteiger partial charge in [0.05, 0.1) is 6.10 Å². The third-order valence-electron chi connectivity index (χ3n) is 5.37. The van der Waals surface area contributed by atoms with Crippen LogP contribution in [-0.2, 0) is 9.53 Å². The van der Waals surface area contributed by atoms with Crippen LogP contribution in [0.15, 0.2) is 12.1 Å². The Morgan fingerprint density at radius 1 is 1.36 bits per heavy atom. The molecule has 0 aliphatic heterocycles. The maximum atomic E-state index is 12.9. The number of hydrogen-bond donors (Lipinski definition) is 1. The van der Waals surface area contributed by atoms with E-state index in [1.54, 1.807) is 7.11 Å². The van der Waals surface area contributed by atoms with Crippen LogP contribution < -0.4 is 10.1 Å². The molecule has 1 fully saturated rings. The largest absolute Gasteiger partial charge is 0.490 e. The zero-order valence-electron chi connectivity index (χ0n) is 16.6. The summed E-state index contributed by atoms with van der Waals surface area (Å²) in [6.45, 7) is 10.4. The van der Waals surface area contributed by atoms with Crippen molar-refractivity contribution in [3.63, 3.8) is 0 Å². The number of methoxy groups -OCH3 is 1. The van der Waals surface area contributed by atoms with Gasteiger partial charge in [-0.05, 0) is 75.6 Å². The van der Waals surface area contributed by atoms with Crippen LogP contribution in [0, 0.1) is 19.8 Å². The highest BCUT2D eigenvalue weighted by molar-refractivity contribution is 5.97. The third-order valence-corrected chi connectivity index (χ3v) is 5.37. The van der Waals surface area contributed by atoms with Crippen LogP contribution in [0.3, 0.4) is 0 Å². The molecule has 0 bridgehead atoms. The lowest BCUT2D eigenvalue weighted by Crippen LogP contribution is -2.47. The lowest BCUT2D eigenvalue weighted by Gasteiger charge is -2.37. The highest BCUT2D eigenvalue weighted by atomic mass is 16.5. The van der Waals surface area contributed by atoms with E-state index in [0.717, 1.165) is 54.7 Å². The lowest BCUT2D eigenvalue weighted by molar-refractivity contribution is -0.143. The summed E-state index contributed by atoms with van der Waals surface area (Å²) >= 11 is 0. The van der Waals surface area contributed by atoms with Crippen LogP contribution in [0.25, 0.3) is 0 Å². The average Bonchev–Trinajstić information content (AvgIpc) is 2.57. The zero-order valence-corrected chi connectivity index (χ0v) is 16.6. The molecule has 2 rings (SSSR count). The van der Waals surface area contributed by atoms with Gasteiger partial charge in [0.2, 0.25) is 0 Å². The second-order valence-corrected chi connectivity index (χ2v) is 7.63. The first-order valence-electron chi connectivity index (χ1n) is 9.45. The van der Waals surface area contributed by atoms with Crippen molar-refractivity contribution >= 4 is 11.6 Å². The van der Waals surface area contributed by atoms with E-state index in [0.29, 0.717) is 5.92 Å². The van der Waals surface area contributed by atoms with Gasteiger partial charge in [-0.1, -0.05) is 20.3 Å². The van der Waals surface area contributed by atoms with Gasteiger partial charge in [-0.25, -0.2) is 0 Å². The quantitative estimate of drug-likeness (QED) is 0.786. The van der Waals surface area contributed by atoms with E-state index in [9.17, 15) is 4.79 Å². The molecule has 1 aliphatic carbocycles. The van der Waals surface area contributed by atoms with Crippen molar-refractivity contribution in [3.05, 3.63) is 23.3 Å². The van der Waals surface area contributed by atoms with Crippen LogP contribution in [0.4, 0.5) is 5.69 Å². The molecule has 1 N–H and O–H groups in total. The molecular weight excluding hydrogens is 314 g/mol. The van der Waals surface area contributed by atoms with Gasteiger partial charge in [0, 0.05) is 12.8 Å². The molecule has 1 amide bonds. The maximum absolute atomic E-state index is 12.9. The number of carbonyl (C=O) groups excluding carboxylic acids is 1. The first kappa shape index (κ1) is 19.8. The Morgan fingerprint density at radius 3 is 2.52 bits per heavy atom. The molecule has 0 spiro atoms. The van der Waals surface area contributed by atoms with Crippen LogP contribution in [-0.4, -0.2) is 24.7 Å². The third kappa shape index (κ3) is 4.55. The van der Waals surface area contributed by atoms with E-state index in [-0.39, 0.29) is 12.0 Å². The Labute approximate surface area is 152 Å². The Morgan fingerprint density at radius 2 is 2.00 bits per heavy atom. The SMILES string of the molecule is CC[C@H](C)Oc1c(C)cc(NC(=O)[C@]2(OC)CCC[C@@H](C)C2)cc1C. The smallest absolute Gasteiger partial charge is 0.256 e. The van der Waals surface area contributed by atoms with Gasteiger partial charge < -0.3 is 14.8 Å². The summed E-state index contributed by atoms with van der Waals surface area (Å²) in [7, 11) is 1.65. The van der Waals surface area contributed by atoms with Gasteiger partial charge in [-0.15, -0.1) is 0 Å². The molecule has 0 unspecified atom stereocenters. The Bertz CT molecular complexity index is 590.